The van der Waals surface area contributed by atoms with Crippen LogP contribution < -0.4 is 0 Å². The molecule has 0 nitrogen and oxygen atoms in total. The maximum atomic E-state index is 2.31. The van der Waals surface area contributed by atoms with Gasteiger partial charge in [-0.1, -0.05) is 66.7 Å². The Morgan fingerprint density at radius 1 is 0.545 bits per heavy atom. The Morgan fingerprint density at radius 3 is 2.14 bits per heavy atom. The zero-order valence-electron chi connectivity index (χ0n) is 12.9. The molecule has 4 rings (SSSR count). The molecule has 0 atom stereocenters. The zero-order valence-corrected chi connectivity index (χ0v) is 12.9. The summed E-state index contributed by atoms with van der Waals surface area (Å²) in [6.45, 7) is 4.35. The van der Waals surface area contributed by atoms with Crippen molar-refractivity contribution in [2.45, 2.75) is 13.8 Å². The Hall–Kier alpha value is -2.60. The summed E-state index contributed by atoms with van der Waals surface area (Å²) in [5.41, 5.74) is 5.29. The fourth-order valence-electron chi connectivity index (χ4n) is 3.17. The molecule has 0 heterocycles. The third-order valence-corrected chi connectivity index (χ3v) is 4.55. The molecule has 4 aromatic rings. The van der Waals surface area contributed by atoms with Crippen molar-refractivity contribution < 1.29 is 0 Å². The van der Waals surface area contributed by atoms with Gasteiger partial charge in [0, 0.05) is 0 Å². The number of hydrogen-bond donors (Lipinski definition) is 0. The highest BCUT2D eigenvalue weighted by Crippen LogP contribution is 2.31. The van der Waals surface area contributed by atoms with Gasteiger partial charge in [0.05, 0.1) is 0 Å². The minimum Gasteiger partial charge on any atom is -0.0616 e. The number of benzene rings is 4. The monoisotopic (exact) mass is 282 g/mol. The van der Waals surface area contributed by atoms with Gasteiger partial charge < -0.3 is 0 Å². The second-order valence-corrected chi connectivity index (χ2v) is 6.03. The van der Waals surface area contributed by atoms with Crippen LogP contribution in [-0.4, -0.2) is 0 Å². The van der Waals surface area contributed by atoms with Gasteiger partial charge in [-0.2, -0.15) is 0 Å². The minimum atomic E-state index is 1.28. The lowest BCUT2D eigenvalue weighted by Crippen LogP contribution is -1.85. The number of fused-ring (bicyclic) bond motifs is 2. The lowest BCUT2D eigenvalue weighted by molar-refractivity contribution is 1.37. The molecule has 0 saturated carbocycles. The van der Waals surface area contributed by atoms with Gasteiger partial charge in [-0.25, -0.2) is 0 Å². The van der Waals surface area contributed by atoms with Gasteiger partial charge in [0.2, 0.25) is 0 Å². The lowest BCUT2D eigenvalue weighted by Gasteiger charge is -2.09. The Morgan fingerprint density at radius 2 is 1.27 bits per heavy atom. The highest BCUT2D eigenvalue weighted by atomic mass is 14.1. The summed E-state index contributed by atoms with van der Waals surface area (Å²) in [6, 6.07) is 26.5. The van der Waals surface area contributed by atoms with Gasteiger partial charge >= 0.3 is 0 Å². The molecule has 106 valence electrons. The Kier molecular flexibility index (Phi) is 2.97. The largest absolute Gasteiger partial charge is 0.0616 e. The third kappa shape index (κ3) is 2.08. The molecule has 0 saturated heterocycles. The van der Waals surface area contributed by atoms with E-state index in [1.54, 1.807) is 0 Å². The van der Waals surface area contributed by atoms with Crippen LogP contribution >= 0.6 is 0 Å². The Bertz CT molecular complexity index is 988. The molecule has 0 heteroatoms. The average Bonchev–Trinajstić information content (AvgIpc) is 2.55. The maximum Gasteiger partial charge on any atom is -0.0105 e. The number of aryl methyl sites for hydroxylation is 2. The van der Waals surface area contributed by atoms with Crippen LogP contribution in [0.1, 0.15) is 11.1 Å². The van der Waals surface area contributed by atoms with E-state index in [4.69, 9.17) is 0 Å². The standard InChI is InChI=1S/C22H18/c1-15-12-18-10-11-19(14-20(18)13-16(15)2)22-9-5-7-17-6-3-4-8-21(17)22/h3-14H,1-2H3. The van der Waals surface area contributed by atoms with E-state index < -0.39 is 0 Å². The number of hydrogen-bond acceptors (Lipinski definition) is 0. The quantitative estimate of drug-likeness (QED) is 0.385. The predicted octanol–water partition coefficient (Wildman–Crippen LogP) is 6.28. The summed E-state index contributed by atoms with van der Waals surface area (Å²) < 4.78 is 0. The summed E-state index contributed by atoms with van der Waals surface area (Å²) in [7, 11) is 0. The van der Waals surface area contributed by atoms with Gasteiger partial charge in [0.25, 0.3) is 0 Å². The molecular formula is C22H18. The SMILES string of the molecule is Cc1cc2ccc(-c3cccc4ccccc34)cc2cc1C. The van der Waals surface area contributed by atoms with Gasteiger partial charge in [-0.05, 0) is 63.7 Å². The molecule has 22 heavy (non-hydrogen) atoms. The number of rotatable bonds is 1. The third-order valence-electron chi connectivity index (χ3n) is 4.55. The Balaban J connectivity index is 1.98. The van der Waals surface area contributed by atoms with Crippen LogP contribution in [0.5, 0.6) is 0 Å². The fourth-order valence-corrected chi connectivity index (χ4v) is 3.17. The van der Waals surface area contributed by atoms with Crippen LogP contribution in [0.3, 0.4) is 0 Å². The molecule has 4 aromatic carbocycles. The van der Waals surface area contributed by atoms with Crippen molar-refractivity contribution in [3.63, 3.8) is 0 Å². The van der Waals surface area contributed by atoms with Crippen LogP contribution in [0.25, 0.3) is 32.7 Å². The molecular weight excluding hydrogens is 264 g/mol. The molecule has 0 aliphatic heterocycles. The van der Waals surface area contributed by atoms with Crippen molar-refractivity contribution in [2.75, 3.05) is 0 Å². The van der Waals surface area contributed by atoms with Gasteiger partial charge in [0.15, 0.2) is 0 Å². The van der Waals surface area contributed by atoms with Gasteiger partial charge in [-0.3, -0.25) is 0 Å². The molecule has 0 unspecified atom stereocenters. The van der Waals surface area contributed by atoms with Crippen molar-refractivity contribution in [3.8, 4) is 11.1 Å². The van der Waals surface area contributed by atoms with Crippen LogP contribution in [0.2, 0.25) is 0 Å². The van der Waals surface area contributed by atoms with Gasteiger partial charge in [-0.15, -0.1) is 0 Å². The van der Waals surface area contributed by atoms with Crippen molar-refractivity contribution in [1.82, 2.24) is 0 Å². The van der Waals surface area contributed by atoms with Crippen LogP contribution in [0.15, 0.2) is 72.8 Å². The second-order valence-electron chi connectivity index (χ2n) is 6.03. The molecule has 0 fully saturated rings. The van der Waals surface area contributed by atoms with E-state index in [-0.39, 0.29) is 0 Å². The van der Waals surface area contributed by atoms with Crippen molar-refractivity contribution >= 4 is 21.5 Å². The summed E-state index contributed by atoms with van der Waals surface area (Å²) in [4.78, 5) is 0. The predicted molar refractivity (Wildman–Crippen MR) is 96.4 cm³/mol. The maximum absolute atomic E-state index is 2.31. The average molecular weight is 282 g/mol. The lowest BCUT2D eigenvalue weighted by atomic mass is 9.95. The summed E-state index contributed by atoms with van der Waals surface area (Å²) in [6.07, 6.45) is 0. The molecule has 0 bridgehead atoms. The van der Waals surface area contributed by atoms with E-state index >= 15 is 0 Å². The smallest absolute Gasteiger partial charge is 0.0105 e. The van der Waals surface area contributed by atoms with E-state index in [1.165, 1.54) is 43.8 Å². The highest BCUT2D eigenvalue weighted by Gasteiger charge is 2.05. The van der Waals surface area contributed by atoms with Crippen molar-refractivity contribution in [3.05, 3.63) is 83.9 Å². The van der Waals surface area contributed by atoms with Crippen LogP contribution in [0.4, 0.5) is 0 Å². The van der Waals surface area contributed by atoms with E-state index in [9.17, 15) is 0 Å². The normalized spacial score (nSPS) is 11.2. The fraction of sp³-hybridized carbons (Fsp3) is 0.0909. The molecule has 0 aliphatic carbocycles. The van der Waals surface area contributed by atoms with Crippen LogP contribution in [-0.2, 0) is 0 Å². The Labute approximate surface area is 131 Å². The minimum absolute atomic E-state index is 1.28. The van der Waals surface area contributed by atoms with Crippen molar-refractivity contribution in [2.24, 2.45) is 0 Å². The first kappa shape index (κ1) is 13.1. The zero-order chi connectivity index (χ0) is 15.1. The summed E-state index contributed by atoms with van der Waals surface area (Å²) in [5.74, 6) is 0. The first-order valence-corrected chi connectivity index (χ1v) is 7.71. The van der Waals surface area contributed by atoms with E-state index in [0.717, 1.165) is 0 Å². The highest BCUT2D eigenvalue weighted by molar-refractivity contribution is 5.99. The van der Waals surface area contributed by atoms with Crippen molar-refractivity contribution in [1.29, 1.82) is 0 Å². The first-order chi connectivity index (χ1) is 10.7. The summed E-state index contributed by atoms with van der Waals surface area (Å²) >= 11 is 0. The molecule has 0 radical (unpaired) electrons. The second kappa shape index (κ2) is 4.99. The molecule has 0 amide bonds. The van der Waals surface area contributed by atoms with E-state index in [0.29, 0.717) is 0 Å². The van der Waals surface area contributed by atoms with Crippen LogP contribution in [0, 0.1) is 13.8 Å². The van der Waals surface area contributed by atoms with E-state index in [1.807, 2.05) is 0 Å². The molecule has 0 aromatic heterocycles. The first-order valence-electron chi connectivity index (χ1n) is 7.71. The summed E-state index contributed by atoms with van der Waals surface area (Å²) in [5, 5.41) is 5.23. The van der Waals surface area contributed by atoms with E-state index in [2.05, 4.69) is 86.6 Å². The topological polar surface area (TPSA) is 0 Å². The molecule has 0 N–H and O–H groups in total. The molecule has 0 aliphatic rings. The van der Waals surface area contributed by atoms with Gasteiger partial charge in [0.1, 0.15) is 0 Å². The molecule has 0 spiro atoms.